The van der Waals surface area contributed by atoms with Crippen molar-refractivity contribution in [2.75, 3.05) is 19.8 Å². The Labute approximate surface area is 216 Å². The van der Waals surface area contributed by atoms with E-state index in [4.69, 9.17) is 26.5 Å². The molecule has 0 spiro atoms. The van der Waals surface area contributed by atoms with Crippen molar-refractivity contribution < 1.29 is 14.3 Å². The summed E-state index contributed by atoms with van der Waals surface area (Å²) in [5.74, 6) is 6.23. The lowest BCUT2D eigenvalue weighted by Gasteiger charge is -2.35. The molecule has 184 valence electrons. The Bertz CT molecular complexity index is 1510. The number of hydrogen-bond donors (Lipinski definition) is 2. The number of halogens is 1. The number of carbonyl (C=O) groups is 1. The molecule has 2 aromatic carbocycles. The van der Waals surface area contributed by atoms with Gasteiger partial charge < -0.3 is 14.5 Å². The third kappa shape index (κ3) is 4.83. The molecule has 36 heavy (non-hydrogen) atoms. The fourth-order valence-corrected chi connectivity index (χ4v) is 5.15. The fraction of sp³-hybridized carbons (Fsp3) is 0.269. The first kappa shape index (κ1) is 24.0. The van der Waals surface area contributed by atoms with E-state index < -0.39 is 6.09 Å². The Morgan fingerprint density at radius 1 is 1.31 bits per heavy atom. The van der Waals surface area contributed by atoms with Gasteiger partial charge in [0, 0.05) is 28.2 Å². The zero-order chi connectivity index (χ0) is 25.1. The Morgan fingerprint density at radius 2 is 2.14 bits per heavy atom. The quantitative estimate of drug-likeness (QED) is 0.358. The largest absolute Gasteiger partial charge is 0.492 e. The second-order valence-corrected chi connectivity index (χ2v) is 9.49. The van der Waals surface area contributed by atoms with Gasteiger partial charge >= 0.3 is 6.09 Å². The lowest BCUT2D eigenvalue weighted by atomic mass is 9.92. The van der Waals surface area contributed by atoms with Gasteiger partial charge in [-0.05, 0) is 54.8 Å². The summed E-state index contributed by atoms with van der Waals surface area (Å²) >= 11 is 7.56. The number of nitrogens with one attached hydrogen (secondary N) is 2. The topological polar surface area (TPSA) is 96.2 Å². The molecule has 1 aliphatic heterocycles. The molecular weight excluding hydrogens is 498 g/mol. The van der Waals surface area contributed by atoms with Crippen LogP contribution in [0.1, 0.15) is 29.8 Å². The third-order valence-electron chi connectivity index (χ3n) is 6.12. The molecule has 5 rings (SSSR count). The van der Waals surface area contributed by atoms with Gasteiger partial charge in [-0.2, -0.15) is 5.10 Å². The highest BCUT2D eigenvalue weighted by Gasteiger charge is 2.35. The molecule has 8 nitrogen and oxygen atoms in total. The molecule has 1 aliphatic rings. The summed E-state index contributed by atoms with van der Waals surface area (Å²) < 4.78 is 12.9. The van der Waals surface area contributed by atoms with Crippen molar-refractivity contribution >= 4 is 39.9 Å². The van der Waals surface area contributed by atoms with Gasteiger partial charge in [0.05, 0.1) is 6.54 Å². The Kier molecular flexibility index (Phi) is 6.98. The maximum Gasteiger partial charge on any atom is 0.411 e. The highest BCUT2D eigenvalue weighted by Crippen LogP contribution is 2.39. The molecule has 0 aliphatic carbocycles. The molecule has 0 bridgehead atoms. The SMILES string of the molecule is CC#CCOC(=O)N1CCc2c([nH]c3ccc(Cl)cc23)C1c1ccc(OCCn2ncsc2=N)cc1. The number of carbonyl (C=O) groups excluding carboxylic acids is 1. The summed E-state index contributed by atoms with van der Waals surface area (Å²) in [6.45, 7) is 3.16. The van der Waals surface area contributed by atoms with Crippen molar-refractivity contribution in [2.24, 2.45) is 0 Å². The first-order valence-electron chi connectivity index (χ1n) is 11.5. The van der Waals surface area contributed by atoms with Gasteiger partial charge in [0.25, 0.3) is 0 Å². The van der Waals surface area contributed by atoms with Crippen LogP contribution in [-0.2, 0) is 17.7 Å². The van der Waals surface area contributed by atoms with Crippen molar-refractivity contribution in [3.05, 3.63) is 74.6 Å². The van der Waals surface area contributed by atoms with Gasteiger partial charge in [-0.1, -0.05) is 41.0 Å². The molecule has 2 aromatic heterocycles. The van der Waals surface area contributed by atoms with Crippen LogP contribution in [0, 0.1) is 17.3 Å². The van der Waals surface area contributed by atoms with Crippen LogP contribution in [0.3, 0.4) is 0 Å². The van der Waals surface area contributed by atoms with Crippen LogP contribution in [0.5, 0.6) is 5.75 Å². The molecule has 0 saturated heterocycles. The number of hydrogen-bond acceptors (Lipinski definition) is 6. The summed E-state index contributed by atoms with van der Waals surface area (Å²) in [6.07, 6.45) is 0.283. The second-order valence-electron chi connectivity index (χ2n) is 8.22. The van der Waals surface area contributed by atoms with E-state index in [1.807, 2.05) is 42.5 Å². The molecule has 10 heteroatoms. The Balaban J connectivity index is 1.42. The average Bonchev–Trinajstić information content (AvgIpc) is 3.46. The lowest BCUT2D eigenvalue weighted by molar-refractivity contribution is 0.0993. The van der Waals surface area contributed by atoms with Crippen molar-refractivity contribution in [1.82, 2.24) is 19.7 Å². The van der Waals surface area contributed by atoms with E-state index in [2.05, 4.69) is 21.9 Å². The molecule has 1 amide bonds. The molecule has 3 heterocycles. The highest BCUT2D eigenvalue weighted by molar-refractivity contribution is 7.06. The van der Waals surface area contributed by atoms with Crippen LogP contribution >= 0.6 is 22.9 Å². The van der Waals surface area contributed by atoms with Gasteiger partial charge in [-0.3, -0.25) is 10.3 Å². The average molecular weight is 522 g/mol. The molecular formula is C26H24ClN5O3S. The summed E-state index contributed by atoms with van der Waals surface area (Å²) in [5.41, 5.74) is 5.66. The monoisotopic (exact) mass is 521 g/mol. The second kappa shape index (κ2) is 10.5. The number of fused-ring (bicyclic) bond motifs is 3. The number of nitrogens with zero attached hydrogens (tertiary/aromatic N) is 3. The van der Waals surface area contributed by atoms with E-state index in [1.54, 1.807) is 22.0 Å². The van der Waals surface area contributed by atoms with Crippen LogP contribution in [0.2, 0.25) is 5.02 Å². The molecule has 2 N–H and O–H groups in total. The fourth-order valence-electron chi connectivity index (χ4n) is 4.46. The van der Waals surface area contributed by atoms with Crippen LogP contribution in [0.15, 0.2) is 48.0 Å². The van der Waals surface area contributed by atoms with E-state index in [-0.39, 0.29) is 12.6 Å². The highest BCUT2D eigenvalue weighted by atomic mass is 35.5. The normalized spacial score (nSPS) is 14.7. The van der Waals surface area contributed by atoms with Crippen LogP contribution in [0.4, 0.5) is 4.79 Å². The Morgan fingerprint density at radius 3 is 2.89 bits per heavy atom. The van der Waals surface area contributed by atoms with Gasteiger partial charge in [0.2, 0.25) is 0 Å². The van der Waals surface area contributed by atoms with Gasteiger partial charge in [0.15, 0.2) is 11.4 Å². The minimum absolute atomic E-state index is 0.0531. The summed E-state index contributed by atoms with van der Waals surface area (Å²) in [5, 5.41) is 13.7. The van der Waals surface area contributed by atoms with Crippen molar-refractivity contribution in [3.63, 3.8) is 0 Å². The maximum atomic E-state index is 13.0. The maximum absolute atomic E-state index is 13.0. The smallest absolute Gasteiger partial charge is 0.411 e. The first-order valence-corrected chi connectivity index (χ1v) is 12.7. The van der Waals surface area contributed by atoms with Crippen molar-refractivity contribution in [2.45, 2.75) is 25.9 Å². The van der Waals surface area contributed by atoms with E-state index in [1.165, 1.54) is 11.3 Å². The van der Waals surface area contributed by atoms with E-state index >= 15 is 0 Å². The molecule has 0 saturated carbocycles. The number of benzene rings is 2. The molecule has 0 radical (unpaired) electrons. The Hall–Kier alpha value is -3.74. The summed E-state index contributed by atoms with van der Waals surface area (Å²) in [4.78, 5) is 18.7. The number of aromatic nitrogens is 3. The lowest BCUT2D eigenvalue weighted by Crippen LogP contribution is -2.41. The van der Waals surface area contributed by atoms with Crippen LogP contribution in [0.25, 0.3) is 10.9 Å². The first-order chi connectivity index (χ1) is 17.5. The molecule has 1 atom stereocenters. The van der Waals surface area contributed by atoms with E-state index in [9.17, 15) is 4.79 Å². The standard InChI is InChI=1S/C26H24ClN5O3S/c1-2-3-13-35-26(33)31-11-10-20-21-15-18(27)6-9-22(21)30-23(20)24(31)17-4-7-19(8-5-17)34-14-12-32-25(28)36-16-29-32/h4-9,15-16,24,28,30H,10-14H2,1H3. The summed E-state index contributed by atoms with van der Waals surface area (Å²) in [6, 6.07) is 13.1. The van der Waals surface area contributed by atoms with Crippen LogP contribution < -0.4 is 9.54 Å². The predicted molar refractivity (Wildman–Crippen MR) is 138 cm³/mol. The minimum atomic E-state index is -0.406. The van der Waals surface area contributed by atoms with Crippen LogP contribution in [-0.4, -0.2) is 45.5 Å². The minimum Gasteiger partial charge on any atom is -0.492 e. The van der Waals surface area contributed by atoms with Crippen molar-refractivity contribution in [1.29, 1.82) is 5.41 Å². The van der Waals surface area contributed by atoms with E-state index in [0.29, 0.717) is 41.7 Å². The number of ether oxygens (including phenoxy) is 2. The third-order valence-corrected chi connectivity index (χ3v) is 6.99. The van der Waals surface area contributed by atoms with E-state index in [0.717, 1.165) is 27.7 Å². The molecule has 4 aromatic rings. The zero-order valence-corrected chi connectivity index (χ0v) is 21.2. The summed E-state index contributed by atoms with van der Waals surface area (Å²) in [7, 11) is 0. The van der Waals surface area contributed by atoms with Gasteiger partial charge in [0.1, 0.15) is 23.9 Å². The predicted octanol–water partition coefficient (Wildman–Crippen LogP) is 4.75. The van der Waals surface area contributed by atoms with Gasteiger partial charge in [-0.25, -0.2) is 9.48 Å². The number of amides is 1. The van der Waals surface area contributed by atoms with Gasteiger partial charge in [-0.15, -0.1) is 5.92 Å². The van der Waals surface area contributed by atoms with Crippen molar-refractivity contribution in [3.8, 4) is 17.6 Å². The molecule has 1 unspecified atom stereocenters. The zero-order valence-electron chi connectivity index (χ0n) is 19.6. The number of aromatic amines is 1. The number of rotatable bonds is 6. The number of H-pyrrole nitrogens is 1. The molecule has 0 fully saturated rings.